The number of rotatable bonds is 5. The molecule has 188 valence electrons. The normalized spacial score (nSPS) is 17.1. The third-order valence-electron chi connectivity index (χ3n) is 6.50. The lowest BCUT2D eigenvalue weighted by Crippen LogP contribution is -2.29. The molecule has 1 aliphatic rings. The first-order chi connectivity index (χ1) is 17.6. The summed E-state index contributed by atoms with van der Waals surface area (Å²) >= 11 is 1.04. The number of ether oxygens (including phenoxy) is 1. The molecule has 1 unspecified atom stereocenters. The molecular weight excluding hydrogens is 492 g/mol. The van der Waals surface area contributed by atoms with Crippen LogP contribution in [-0.4, -0.2) is 44.1 Å². The molecule has 4 aromatic rings. The van der Waals surface area contributed by atoms with Crippen LogP contribution in [0.15, 0.2) is 48.2 Å². The van der Waals surface area contributed by atoms with Gasteiger partial charge in [0.1, 0.15) is 17.1 Å². The Balaban J connectivity index is 1.76. The maximum Gasteiger partial charge on any atom is 0.301 e. The molecule has 5 rings (SSSR count). The number of fused-ring (bicyclic) bond motifs is 1. The number of aliphatic hydroxyl groups is 1. The molecule has 1 amide bonds. The van der Waals surface area contributed by atoms with Crippen LogP contribution in [0.2, 0.25) is 0 Å². The number of aromatic nitrogens is 3. The van der Waals surface area contributed by atoms with Crippen molar-refractivity contribution in [3.8, 4) is 5.75 Å². The molecule has 0 bridgehead atoms. The van der Waals surface area contributed by atoms with E-state index in [4.69, 9.17) is 4.74 Å². The number of amides is 1. The first kappa shape index (κ1) is 24.4. The second kappa shape index (κ2) is 8.97. The Labute approximate surface area is 216 Å². The number of anilines is 1. The predicted molar refractivity (Wildman–Crippen MR) is 139 cm³/mol. The van der Waals surface area contributed by atoms with Gasteiger partial charge in [-0.25, -0.2) is 9.97 Å². The molecular formula is C27H24N4O5S. The maximum atomic E-state index is 13.5. The average molecular weight is 517 g/mol. The van der Waals surface area contributed by atoms with Crippen molar-refractivity contribution in [2.24, 2.45) is 0 Å². The van der Waals surface area contributed by atoms with Crippen molar-refractivity contribution in [3.63, 3.8) is 0 Å². The number of thiazole rings is 1. The number of methoxy groups -OCH3 is 1. The highest BCUT2D eigenvalue weighted by atomic mass is 32.1. The van der Waals surface area contributed by atoms with E-state index in [1.165, 1.54) is 18.9 Å². The zero-order valence-electron chi connectivity index (χ0n) is 20.9. The zero-order valence-corrected chi connectivity index (χ0v) is 21.7. The lowest BCUT2D eigenvalue weighted by molar-refractivity contribution is -0.132. The fraction of sp³-hybridized carbons (Fsp3) is 0.222. The van der Waals surface area contributed by atoms with Crippen molar-refractivity contribution in [3.05, 3.63) is 81.3 Å². The monoisotopic (exact) mass is 516 g/mol. The van der Waals surface area contributed by atoms with Gasteiger partial charge in [-0.15, -0.1) is 0 Å². The Morgan fingerprint density at radius 3 is 2.38 bits per heavy atom. The summed E-state index contributed by atoms with van der Waals surface area (Å²) in [6.07, 6.45) is 1.82. The van der Waals surface area contributed by atoms with Crippen LogP contribution in [0.5, 0.6) is 5.75 Å². The SMILES string of the molecule is COc1ccc(C2/C(=C(\O)c3nc4c(C)cccn4c3C)C(=O)C(=O)N2c2nc(C)c(C(C)=O)s2)cc1. The molecule has 0 radical (unpaired) electrons. The number of hydrogen-bond donors (Lipinski definition) is 1. The smallest absolute Gasteiger partial charge is 0.301 e. The molecule has 1 atom stereocenters. The van der Waals surface area contributed by atoms with Gasteiger partial charge in [0.05, 0.1) is 35.0 Å². The fourth-order valence-electron chi connectivity index (χ4n) is 4.62. The molecule has 3 aromatic heterocycles. The first-order valence-corrected chi connectivity index (χ1v) is 12.3. The number of nitrogens with zero attached hydrogens (tertiary/aromatic N) is 4. The third kappa shape index (κ3) is 3.80. The van der Waals surface area contributed by atoms with Crippen LogP contribution in [0, 0.1) is 20.8 Å². The van der Waals surface area contributed by atoms with Crippen molar-refractivity contribution in [1.29, 1.82) is 0 Å². The van der Waals surface area contributed by atoms with Gasteiger partial charge in [0.15, 0.2) is 16.7 Å². The second-order valence-electron chi connectivity index (χ2n) is 8.84. The van der Waals surface area contributed by atoms with Crippen LogP contribution < -0.4 is 9.64 Å². The molecule has 0 saturated carbocycles. The van der Waals surface area contributed by atoms with Gasteiger partial charge in [-0.3, -0.25) is 19.3 Å². The Bertz CT molecular complexity index is 1630. The number of aliphatic hydroxyl groups excluding tert-OH is 1. The van der Waals surface area contributed by atoms with E-state index in [9.17, 15) is 19.5 Å². The summed E-state index contributed by atoms with van der Waals surface area (Å²) in [4.78, 5) is 49.7. The topological polar surface area (TPSA) is 114 Å². The minimum Gasteiger partial charge on any atom is -0.505 e. The van der Waals surface area contributed by atoms with Gasteiger partial charge in [0.25, 0.3) is 5.78 Å². The molecule has 10 heteroatoms. The second-order valence-corrected chi connectivity index (χ2v) is 9.82. The van der Waals surface area contributed by atoms with Crippen molar-refractivity contribution in [2.45, 2.75) is 33.7 Å². The van der Waals surface area contributed by atoms with E-state index in [2.05, 4.69) is 9.97 Å². The Hall–Kier alpha value is -4.31. The van der Waals surface area contributed by atoms with Gasteiger partial charge in [-0.1, -0.05) is 29.5 Å². The number of imidazole rings is 1. The van der Waals surface area contributed by atoms with E-state index in [-0.39, 0.29) is 27.9 Å². The van der Waals surface area contributed by atoms with Crippen molar-refractivity contribution in [1.82, 2.24) is 14.4 Å². The zero-order chi connectivity index (χ0) is 26.6. The van der Waals surface area contributed by atoms with Crippen molar-refractivity contribution < 1.29 is 24.2 Å². The number of Topliss-reactive ketones (excluding diaryl/α,β-unsaturated/α-hetero) is 2. The number of carbonyl (C=O) groups is 3. The highest BCUT2D eigenvalue weighted by Gasteiger charge is 2.48. The minimum absolute atomic E-state index is 0.100. The van der Waals surface area contributed by atoms with E-state index < -0.39 is 17.7 Å². The van der Waals surface area contributed by atoms with Crippen LogP contribution >= 0.6 is 11.3 Å². The molecule has 0 aliphatic carbocycles. The van der Waals surface area contributed by atoms with E-state index >= 15 is 0 Å². The lowest BCUT2D eigenvalue weighted by Gasteiger charge is -2.23. The molecule has 4 heterocycles. The maximum absolute atomic E-state index is 13.5. The van der Waals surface area contributed by atoms with Gasteiger partial charge < -0.3 is 14.2 Å². The average Bonchev–Trinajstić information content (AvgIpc) is 3.51. The molecule has 1 aliphatic heterocycles. The first-order valence-electron chi connectivity index (χ1n) is 11.5. The van der Waals surface area contributed by atoms with Gasteiger partial charge >= 0.3 is 5.91 Å². The Morgan fingerprint density at radius 2 is 1.78 bits per heavy atom. The number of hydrogen-bond acceptors (Lipinski definition) is 8. The molecule has 9 nitrogen and oxygen atoms in total. The fourth-order valence-corrected chi connectivity index (χ4v) is 5.61. The summed E-state index contributed by atoms with van der Waals surface area (Å²) in [5.41, 5.74) is 3.30. The Kier molecular flexibility index (Phi) is 5.91. The van der Waals surface area contributed by atoms with E-state index in [1.807, 2.05) is 29.7 Å². The molecule has 1 N–H and O–H groups in total. The lowest BCUT2D eigenvalue weighted by atomic mass is 9.96. The number of pyridine rings is 1. The van der Waals surface area contributed by atoms with Crippen molar-refractivity contribution >= 4 is 45.3 Å². The van der Waals surface area contributed by atoms with Crippen LogP contribution in [0.1, 0.15) is 50.8 Å². The number of carbonyl (C=O) groups excluding carboxylic acids is 3. The van der Waals surface area contributed by atoms with Crippen LogP contribution in [0.3, 0.4) is 0 Å². The summed E-state index contributed by atoms with van der Waals surface area (Å²) in [5.74, 6) is -1.67. The summed E-state index contributed by atoms with van der Waals surface area (Å²) in [7, 11) is 1.54. The van der Waals surface area contributed by atoms with Crippen LogP contribution in [-0.2, 0) is 9.59 Å². The number of ketones is 2. The van der Waals surface area contributed by atoms with Gasteiger partial charge in [-0.2, -0.15) is 0 Å². The van der Waals surface area contributed by atoms with Crippen LogP contribution in [0.4, 0.5) is 5.13 Å². The highest BCUT2D eigenvalue weighted by Crippen LogP contribution is 2.44. The van der Waals surface area contributed by atoms with Crippen molar-refractivity contribution in [2.75, 3.05) is 12.0 Å². The van der Waals surface area contributed by atoms with E-state index in [1.54, 1.807) is 38.1 Å². The minimum atomic E-state index is -0.985. The van der Waals surface area contributed by atoms with E-state index in [0.717, 1.165) is 16.9 Å². The van der Waals surface area contributed by atoms with Gasteiger partial charge in [0.2, 0.25) is 0 Å². The quantitative estimate of drug-likeness (QED) is 0.179. The molecule has 1 saturated heterocycles. The van der Waals surface area contributed by atoms with E-state index in [0.29, 0.717) is 33.2 Å². The number of aryl methyl sites for hydroxylation is 3. The molecule has 1 aromatic carbocycles. The van der Waals surface area contributed by atoms with Crippen LogP contribution in [0.25, 0.3) is 11.4 Å². The summed E-state index contributed by atoms with van der Waals surface area (Å²) in [5, 5.41) is 11.7. The molecule has 0 spiro atoms. The molecule has 37 heavy (non-hydrogen) atoms. The summed E-state index contributed by atoms with van der Waals surface area (Å²) in [6, 6.07) is 9.66. The standard InChI is InChI=1S/C27H24N4O5S/c1-13-7-6-12-30-15(3)20(29-25(13)30)22(33)19-21(17-8-10-18(36-5)11-9-17)31(26(35)23(19)34)27-28-14(2)24(37-27)16(4)32/h6-12,21,33H,1-5H3/b22-19+. The third-order valence-corrected chi connectivity index (χ3v) is 7.75. The highest BCUT2D eigenvalue weighted by molar-refractivity contribution is 7.18. The number of benzene rings is 1. The molecule has 1 fully saturated rings. The van der Waals surface area contributed by atoms with Gasteiger partial charge in [0, 0.05) is 13.1 Å². The van der Waals surface area contributed by atoms with Gasteiger partial charge in [-0.05, 0) is 50.1 Å². The Morgan fingerprint density at radius 1 is 1.08 bits per heavy atom. The summed E-state index contributed by atoms with van der Waals surface area (Å²) in [6.45, 7) is 6.79. The predicted octanol–water partition coefficient (Wildman–Crippen LogP) is 4.55. The summed E-state index contributed by atoms with van der Waals surface area (Å²) < 4.78 is 7.09. The largest absolute Gasteiger partial charge is 0.505 e.